The molecule has 0 radical (unpaired) electrons. The van der Waals surface area contributed by atoms with Crippen LogP contribution in [-0.4, -0.2) is 52.7 Å². The van der Waals surface area contributed by atoms with Crippen LogP contribution in [0.15, 0.2) is 28.8 Å². The van der Waals surface area contributed by atoms with Crippen molar-refractivity contribution in [3.63, 3.8) is 0 Å². The van der Waals surface area contributed by atoms with Gasteiger partial charge in [-0.05, 0) is 12.1 Å². The van der Waals surface area contributed by atoms with E-state index in [0.29, 0.717) is 24.4 Å². The highest BCUT2D eigenvalue weighted by Gasteiger charge is 2.32. The first kappa shape index (κ1) is 13.6. The molecule has 2 N–H and O–H groups in total. The number of piperazine rings is 1. The fourth-order valence-electron chi connectivity index (χ4n) is 2.53. The third-order valence-corrected chi connectivity index (χ3v) is 3.62. The Morgan fingerprint density at radius 2 is 2.24 bits per heavy atom. The molecule has 2 aromatic rings. The molecule has 1 saturated heterocycles. The third-order valence-electron chi connectivity index (χ3n) is 3.62. The van der Waals surface area contributed by atoms with E-state index in [1.165, 1.54) is 4.90 Å². The van der Waals surface area contributed by atoms with E-state index in [1.54, 1.807) is 6.07 Å². The summed E-state index contributed by atoms with van der Waals surface area (Å²) in [4.78, 5) is 25.0. The van der Waals surface area contributed by atoms with Crippen LogP contribution >= 0.6 is 0 Å². The highest BCUT2D eigenvalue weighted by Crippen LogP contribution is 2.19. The molecule has 1 aliphatic heterocycles. The van der Waals surface area contributed by atoms with Crippen molar-refractivity contribution in [1.82, 2.24) is 15.4 Å². The van der Waals surface area contributed by atoms with Gasteiger partial charge in [-0.15, -0.1) is 0 Å². The van der Waals surface area contributed by atoms with Crippen LogP contribution in [0.4, 0.5) is 0 Å². The molecule has 1 aromatic carbocycles. The fraction of sp³-hybridized carbons (Fsp3) is 0.357. The van der Waals surface area contributed by atoms with Gasteiger partial charge in [0.05, 0.1) is 6.42 Å². The van der Waals surface area contributed by atoms with Gasteiger partial charge < -0.3 is 19.8 Å². The summed E-state index contributed by atoms with van der Waals surface area (Å²) in [5.74, 6) is -1.25. The standard InChI is InChI=1S/C14H15N3O4/c18-13(17-6-5-15-8-11(17)14(19)20)7-10-9-3-1-2-4-12(9)21-16-10/h1-4,11,15H,5-8H2,(H,19,20). The summed E-state index contributed by atoms with van der Waals surface area (Å²) < 4.78 is 5.16. The maximum absolute atomic E-state index is 12.4. The van der Waals surface area contributed by atoms with Crippen molar-refractivity contribution in [3.05, 3.63) is 30.0 Å². The van der Waals surface area contributed by atoms with Crippen LogP contribution in [0.3, 0.4) is 0 Å². The summed E-state index contributed by atoms with van der Waals surface area (Å²) in [6.07, 6.45) is 0.0425. The zero-order chi connectivity index (χ0) is 14.8. The summed E-state index contributed by atoms with van der Waals surface area (Å²) in [7, 11) is 0. The van der Waals surface area contributed by atoms with Crippen molar-refractivity contribution in [2.45, 2.75) is 12.5 Å². The van der Waals surface area contributed by atoms with Crippen molar-refractivity contribution in [2.24, 2.45) is 0 Å². The molecule has 1 amide bonds. The minimum absolute atomic E-state index is 0.0425. The van der Waals surface area contributed by atoms with Gasteiger partial charge in [-0.1, -0.05) is 17.3 Å². The number of carboxylic acid groups (broad SMARTS) is 1. The Kier molecular flexibility index (Phi) is 3.57. The molecular weight excluding hydrogens is 274 g/mol. The van der Waals surface area contributed by atoms with Crippen molar-refractivity contribution in [1.29, 1.82) is 0 Å². The molecule has 0 spiro atoms. The van der Waals surface area contributed by atoms with Crippen LogP contribution in [0.25, 0.3) is 11.0 Å². The van der Waals surface area contributed by atoms with Gasteiger partial charge in [-0.2, -0.15) is 0 Å². The van der Waals surface area contributed by atoms with E-state index >= 15 is 0 Å². The number of nitrogens with zero attached hydrogens (tertiary/aromatic N) is 2. The fourth-order valence-corrected chi connectivity index (χ4v) is 2.53. The van der Waals surface area contributed by atoms with Crippen LogP contribution in [0.2, 0.25) is 0 Å². The molecule has 2 heterocycles. The number of carboxylic acids is 1. The second kappa shape index (κ2) is 5.53. The third kappa shape index (κ3) is 2.59. The molecule has 0 bridgehead atoms. The average molecular weight is 289 g/mol. The topological polar surface area (TPSA) is 95.7 Å². The minimum Gasteiger partial charge on any atom is -0.480 e. The van der Waals surface area contributed by atoms with Crippen LogP contribution in [0, 0.1) is 0 Å². The Hall–Kier alpha value is -2.41. The molecule has 3 rings (SSSR count). The smallest absolute Gasteiger partial charge is 0.327 e. The largest absolute Gasteiger partial charge is 0.480 e. The molecular formula is C14H15N3O4. The van der Waals surface area contributed by atoms with Crippen LogP contribution < -0.4 is 5.32 Å². The number of fused-ring (bicyclic) bond motifs is 1. The zero-order valence-corrected chi connectivity index (χ0v) is 11.3. The minimum atomic E-state index is -0.999. The van der Waals surface area contributed by atoms with Crippen LogP contribution in [-0.2, 0) is 16.0 Å². The highest BCUT2D eigenvalue weighted by molar-refractivity contribution is 5.89. The summed E-state index contributed by atoms with van der Waals surface area (Å²) >= 11 is 0. The van der Waals surface area contributed by atoms with Crippen molar-refractivity contribution in [2.75, 3.05) is 19.6 Å². The second-order valence-corrected chi connectivity index (χ2v) is 4.95. The predicted molar refractivity (Wildman–Crippen MR) is 73.7 cm³/mol. The summed E-state index contributed by atoms with van der Waals surface area (Å²) in [6.45, 7) is 1.24. The monoisotopic (exact) mass is 289 g/mol. The van der Waals surface area contributed by atoms with E-state index in [4.69, 9.17) is 4.52 Å². The Balaban J connectivity index is 1.80. The van der Waals surface area contributed by atoms with Crippen LogP contribution in [0.5, 0.6) is 0 Å². The number of carbonyl (C=O) groups is 2. The molecule has 1 aliphatic rings. The van der Waals surface area contributed by atoms with Gasteiger partial charge in [-0.25, -0.2) is 4.79 Å². The van der Waals surface area contributed by atoms with Gasteiger partial charge in [-0.3, -0.25) is 4.79 Å². The molecule has 1 atom stereocenters. The van der Waals surface area contributed by atoms with E-state index < -0.39 is 12.0 Å². The molecule has 0 saturated carbocycles. The zero-order valence-electron chi connectivity index (χ0n) is 11.3. The Labute approximate surface area is 120 Å². The van der Waals surface area contributed by atoms with Crippen LogP contribution in [0.1, 0.15) is 5.69 Å². The van der Waals surface area contributed by atoms with E-state index in [9.17, 15) is 14.7 Å². The summed E-state index contributed by atoms with van der Waals surface area (Å²) in [5, 5.41) is 16.9. The first-order valence-corrected chi connectivity index (χ1v) is 6.73. The van der Waals surface area contributed by atoms with Gasteiger partial charge in [0.15, 0.2) is 5.58 Å². The quantitative estimate of drug-likeness (QED) is 0.841. The molecule has 7 nitrogen and oxygen atoms in total. The van der Waals surface area contributed by atoms with Gasteiger partial charge in [0.1, 0.15) is 11.7 Å². The lowest BCUT2D eigenvalue weighted by molar-refractivity contribution is -0.151. The number of rotatable bonds is 3. The van der Waals surface area contributed by atoms with Crippen molar-refractivity contribution >= 4 is 22.8 Å². The number of hydrogen-bond acceptors (Lipinski definition) is 5. The molecule has 1 aromatic heterocycles. The van der Waals surface area contributed by atoms with Gasteiger partial charge in [0.25, 0.3) is 0 Å². The number of aliphatic carboxylic acids is 1. The maximum Gasteiger partial charge on any atom is 0.327 e. The van der Waals surface area contributed by atoms with Crippen molar-refractivity contribution in [3.8, 4) is 0 Å². The lowest BCUT2D eigenvalue weighted by Gasteiger charge is -2.33. The summed E-state index contributed by atoms with van der Waals surface area (Å²) in [6, 6.07) is 6.46. The molecule has 0 aliphatic carbocycles. The van der Waals surface area contributed by atoms with E-state index in [1.807, 2.05) is 18.2 Å². The Bertz CT molecular complexity index is 682. The molecule has 7 heteroatoms. The Morgan fingerprint density at radius 3 is 3.05 bits per heavy atom. The number of para-hydroxylation sites is 1. The lowest BCUT2D eigenvalue weighted by Crippen LogP contribution is -2.57. The average Bonchev–Trinajstić information content (AvgIpc) is 2.90. The van der Waals surface area contributed by atoms with E-state index in [0.717, 1.165) is 5.39 Å². The highest BCUT2D eigenvalue weighted by atomic mass is 16.5. The van der Waals surface area contributed by atoms with Crippen molar-refractivity contribution < 1.29 is 19.2 Å². The predicted octanol–water partition coefficient (Wildman–Crippen LogP) is 0.255. The number of hydrogen-bond donors (Lipinski definition) is 2. The number of aromatic nitrogens is 1. The number of nitrogens with one attached hydrogen (secondary N) is 1. The molecule has 1 fully saturated rings. The maximum atomic E-state index is 12.4. The Morgan fingerprint density at radius 1 is 1.43 bits per heavy atom. The SMILES string of the molecule is O=C(O)C1CNCCN1C(=O)Cc1noc2ccccc12. The lowest BCUT2D eigenvalue weighted by atomic mass is 10.1. The number of amides is 1. The normalized spacial score (nSPS) is 18.9. The van der Waals surface area contributed by atoms with Gasteiger partial charge in [0, 0.05) is 25.0 Å². The first-order chi connectivity index (χ1) is 10.2. The van der Waals surface area contributed by atoms with Gasteiger partial charge >= 0.3 is 5.97 Å². The number of benzene rings is 1. The first-order valence-electron chi connectivity index (χ1n) is 6.73. The van der Waals surface area contributed by atoms with Gasteiger partial charge in [0.2, 0.25) is 5.91 Å². The molecule has 110 valence electrons. The second-order valence-electron chi connectivity index (χ2n) is 4.95. The molecule has 21 heavy (non-hydrogen) atoms. The van der Waals surface area contributed by atoms with E-state index in [2.05, 4.69) is 10.5 Å². The molecule has 1 unspecified atom stereocenters. The van der Waals surface area contributed by atoms with E-state index in [-0.39, 0.29) is 18.9 Å². The number of carbonyl (C=O) groups excluding carboxylic acids is 1. The summed E-state index contributed by atoms with van der Waals surface area (Å²) in [5.41, 5.74) is 1.16.